The monoisotopic (exact) mass is 510 g/mol. The SMILES string of the molecule is CN=C(NCc1ccc(NC(=O)C(C)C)cc1)N(C)Cc1ccccc1OC.I. The zero-order valence-corrected chi connectivity index (χ0v) is 20.1. The summed E-state index contributed by atoms with van der Waals surface area (Å²) in [5, 5.41) is 6.27. The van der Waals surface area contributed by atoms with Gasteiger partial charge >= 0.3 is 0 Å². The molecule has 7 heteroatoms. The van der Waals surface area contributed by atoms with Crippen LogP contribution in [0, 0.1) is 5.92 Å². The van der Waals surface area contributed by atoms with Crippen molar-refractivity contribution in [3.05, 3.63) is 59.7 Å². The van der Waals surface area contributed by atoms with Crippen LogP contribution in [0.2, 0.25) is 0 Å². The van der Waals surface area contributed by atoms with E-state index >= 15 is 0 Å². The van der Waals surface area contributed by atoms with Gasteiger partial charge in [0.25, 0.3) is 0 Å². The van der Waals surface area contributed by atoms with Crippen LogP contribution < -0.4 is 15.4 Å². The van der Waals surface area contributed by atoms with Gasteiger partial charge in [0, 0.05) is 44.4 Å². The smallest absolute Gasteiger partial charge is 0.226 e. The number of guanidine groups is 1. The third-order valence-corrected chi connectivity index (χ3v) is 4.37. The molecule has 0 radical (unpaired) electrons. The summed E-state index contributed by atoms with van der Waals surface area (Å²) < 4.78 is 5.43. The van der Waals surface area contributed by atoms with Crippen molar-refractivity contribution in [3.63, 3.8) is 0 Å². The molecule has 0 bridgehead atoms. The number of aliphatic imine (C=N–C) groups is 1. The molecule has 0 fully saturated rings. The van der Waals surface area contributed by atoms with Gasteiger partial charge in [0.15, 0.2) is 5.96 Å². The first kappa shape index (κ1) is 24.7. The molecular formula is C22H31IN4O2. The molecule has 0 saturated heterocycles. The number of amides is 1. The molecule has 0 aromatic heterocycles. The predicted molar refractivity (Wildman–Crippen MR) is 130 cm³/mol. The highest BCUT2D eigenvalue weighted by molar-refractivity contribution is 14.0. The Morgan fingerprint density at radius 1 is 1.14 bits per heavy atom. The zero-order valence-electron chi connectivity index (χ0n) is 17.7. The molecule has 158 valence electrons. The Balaban J connectivity index is 0.00000420. The molecule has 0 aliphatic rings. The van der Waals surface area contributed by atoms with Crippen molar-refractivity contribution in [2.24, 2.45) is 10.9 Å². The number of anilines is 1. The summed E-state index contributed by atoms with van der Waals surface area (Å²) in [6.07, 6.45) is 0. The lowest BCUT2D eigenvalue weighted by Crippen LogP contribution is -2.38. The van der Waals surface area contributed by atoms with Crippen LogP contribution in [0.4, 0.5) is 5.69 Å². The number of carbonyl (C=O) groups is 1. The van der Waals surface area contributed by atoms with Gasteiger partial charge in [0.1, 0.15) is 5.75 Å². The number of halogens is 1. The quantitative estimate of drug-likeness (QED) is 0.334. The van der Waals surface area contributed by atoms with E-state index in [1.165, 1.54) is 0 Å². The van der Waals surface area contributed by atoms with E-state index in [4.69, 9.17) is 4.74 Å². The summed E-state index contributed by atoms with van der Waals surface area (Å²) in [5.41, 5.74) is 3.01. The van der Waals surface area contributed by atoms with Gasteiger partial charge in [-0.05, 0) is 23.8 Å². The molecule has 2 rings (SSSR count). The third-order valence-electron chi connectivity index (χ3n) is 4.37. The molecule has 0 spiro atoms. The number of nitrogens with one attached hydrogen (secondary N) is 2. The number of nitrogens with zero attached hydrogens (tertiary/aromatic N) is 2. The van der Waals surface area contributed by atoms with Crippen LogP contribution in [0.15, 0.2) is 53.5 Å². The van der Waals surface area contributed by atoms with Gasteiger partial charge < -0.3 is 20.3 Å². The molecule has 1 amide bonds. The number of hydrogen-bond acceptors (Lipinski definition) is 3. The highest BCUT2D eigenvalue weighted by atomic mass is 127. The lowest BCUT2D eigenvalue weighted by atomic mass is 10.1. The number of hydrogen-bond donors (Lipinski definition) is 2. The van der Waals surface area contributed by atoms with Crippen molar-refractivity contribution in [1.29, 1.82) is 0 Å². The minimum atomic E-state index is -0.0385. The Kier molecular flexibility index (Phi) is 10.5. The number of para-hydroxylation sites is 1. The van der Waals surface area contributed by atoms with E-state index < -0.39 is 0 Å². The first-order valence-corrected chi connectivity index (χ1v) is 9.38. The highest BCUT2D eigenvalue weighted by Gasteiger charge is 2.10. The minimum absolute atomic E-state index is 0. The summed E-state index contributed by atoms with van der Waals surface area (Å²) in [4.78, 5) is 18.2. The molecule has 0 saturated carbocycles. The van der Waals surface area contributed by atoms with Crippen molar-refractivity contribution in [2.75, 3.05) is 26.5 Å². The van der Waals surface area contributed by atoms with Gasteiger partial charge in [0.2, 0.25) is 5.91 Å². The first-order valence-electron chi connectivity index (χ1n) is 9.38. The number of rotatable bonds is 7. The van der Waals surface area contributed by atoms with Crippen LogP contribution in [0.3, 0.4) is 0 Å². The van der Waals surface area contributed by atoms with Crippen LogP contribution in [0.1, 0.15) is 25.0 Å². The summed E-state index contributed by atoms with van der Waals surface area (Å²) in [7, 11) is 5.44. The maximum absolute atomic E-state index is 11.8. The number of ether oxygens (including phenoxy) is 1. The third kappa shape index (κ3) is 7.56. The van der Waals surface area contributed by atoms with Crippen LogP contribution >= 0.6 is 24.0 Å². The molecule has 0 unspecified atom stereocenters. The van der Waals surface area contributed by atoms with Crippen LogP contribution in [0.5, 0.6) is 5.75 Å². The van der Waals surface area contributed by atoms with Crippen LogP contribution in [0.25, 0.3) is 0 Å². The molecule has 0 aliphatic carbocycles. The van der Waals surface area contributed by atoms with E-state index in [1.807, 2.05) is 69.4 Å². The van der Waals surface area contributed by atoms with E-state index in [1.54, 1.807) is 14.2 Å². The van der Waals surface area contributed by atoms with Crippen LogP contribution in [-0.4, -0.2) is 38.0 Å². The summed E-state index contributed by atoms with van der Waals surface area (Å²) in [6, 6.07) is 15.8. The largest absolute Gasteiger partial charge is 0.496 e. The molecule has 2 aromatic carbocycles. The minimum Gasteiger partial charge on any atom is -0.496 e. The molecule has 2 aromatic rings. The van der Waals surface area contributed by atoms with Gasteiger partial charge in [-0.25, -0.2) is 0 Å². The van der Waals surface area contributed by atoms with Gasteiger partial charge in [0.05, 0.1) is 7.11 Å². The molecule has 2 N–H and O–H groups in total. The van der Waals surface area contributed by atoms with E-state index in [0.29, 0.717) is 13.1 Å². The highest BCUT2D eigenvalue weighted by Crippen LogP contribution is 2.18. The van der Waals surface area contributed by atoms with Gasteiger partial charge in [-0.15, -0.1) is 24.0 Å². The fraction of sp³-hybridized carbons (Fsp3) is 0.364. The summed E-state index contributed by atoms with van der Waals surface area (Å²) >= 11 is 0. The normalized spacial score (nSPS) is 10.9. The topological polar surface area (TPSA) is 66.0 Å². The average Bonchev–Trinajstić information content (AvgIpc) is 2.70. The van der Waals surface area contributed by atoms with Crippen LogP contribution in [-0.2, 0) is 17.9 Å². The van der Waals surface area contributed by atoms with E-state index in [0.717, 1.165) is 28.5 Å². The van der Waals surface area contributed by atoms with Crippen molar-refractivity contribution >= 4 is 41.5 Å². The molecule has 29 heavy (non-hydrogen) atoms. The van der Waals surface area contributed by atoms with E-state index in [2.05, 4.69) is 20.5 Å². The molecule has 0 aliphatic heterocycles. The second-order valence-corrected chi connectivity index (χ2v) is 6.91. The Labute approximate surface area is 190 Å². The number of carbonyl (C=O) groups excluding carboxylic acids is 1. The zero-order chi connectivity index (χ0) is 20.5. The van der Waals surface area contributed by atoms with Gasteiger partial charge in [-0.2, -0.15) is 0 Å². The lowest BCUT2D eigenvalue weighted by molar-refractivity contribution is -0.118. The first-order chi connectivity index (χ1) is 13.4. The average molecular weight is 510 g/mol. The fourth-order valence-corrected chi connectivity index (χ4v) is 2.72. The predicted octanol–water partition coefficient (Wildman–Crippen LogP) is 4.12. The Hall–Kier alpha value is -2.29. The van der Waals surface area contributed by atoms with Gasteiger partial charge in [-0.3, -0.25) is 9.79 Å². The Morgan fingerprint density at radius 3 is 2.38 bits per heavy atom. The molecule has 0 heterocycles. The van der Waals surface area contributed by atoms with E-state index in [-0.39, 0.29) is 35.8 Å². The second-order valence-electron chi connectivity index (χ2n) is 6.91. The number of benzene rings is 2. The number of methoxy groups -OCH3 is 1. The molecule has 6 nitrogen and oxygen atoms in total. The van der Waals surface area contributed by atoms with Crippen molar-refractivity contribution in [1.82, 2.24) is 10.2 Å². The Morgan fingerprint density at radius 2 is 1.79 bits per heavy atom. The summed E-state index contributed by atoms with van der Waals surface area (Å²) in [6.45, 7) is 5.08. The van der Waals surface area contributed by atoms with Crippen molar-refractivity contribution in [3.8, 4) is 5.75 Å². The summed E-state index contributed by atoms with van der Waals surface area (Å²) in [5.74, 6) is 1.64. The Bertz CT molecular complexity index is 807. The lowest BCUT2D eigenvalue weighted by Gasteiger charge is -2.23. The van der Waals surface area contributed by atoms with Gasteiger partial charge in [-0.1, -0.05) is 44.2 Å². The molecular weight excluding hydrogens is 479 g/mol. The maximum Gasteiger partial charge on any atom is 0.226 e. The van der Waals surface area contributed by atoms with E-state index in [9.17, 15) is 4.79 Å². The van der Waals surface area contributed by atoms with Crippen molar-refractivity contribution in [2.45, 2.75) is 26.9 Å². The maximum atomic E-state index is 11.8. The molecule has 0 atom stereocenters. The fourth-order valence-electron chi connectivity index (χ4n) is 2.72. The second kappa shape index (κ2) is 12.3. The van der Waals surface area contributed by atoms with Crippen molar-refractivity contribution < 1.29 is 9.53 Å². The standard InChI is InChI=1S/C22H30N4O2.HI/c1-16(2)21(27)25-19-12-10-17(11-13-19)14-24-22(23-3)26(4)15-18-8-6-7-9-20(18)28-5;/h6-13,16H,14-15H2,1-5H3,(H,23,24)(H,25,27);1H.